The zero-order chi connectivity index (χ0) is 17.0. The van der Waals surface area contributed by atoms with Gasteiger partial charge in [0.1, 0.15) is 0 Å². The molecule has 1 heterocycles. The minimum Gasteiger partial charge on any atom is -0.395 e. The summed E-state index contributed by atoms with van der Waals surface area (Å²) in [5.41, 5.74) is 0.222. The second-order valence-corrected chi connectivity index (χ2v) is 4.31. The predicted molar refractivity (Wildman–Crippen MR) is 69.2 cm³/mol. The number of aliphatic hydroxyl groups is 1. The molecule has 0 saturated carbocycles. The number of nitrogens with one attached hydrogen (secondary N) is 1. The van der Waals surface area contributed by atoms with Crippen molar-refractivity contribution in [3.8, 4) is 11.4 Å². The molecule has 0 aliphatic carbocycles. The van der Waals surface area contributed by atoms with Gasteiger partial charge in [0.15, 0.2) is 0 Å². The highest BCUT2D eigenvalue weighted by Crippen LogP contribution is 2.29. The Morgan fingerprint density at radius 1 is 1.22 bits per heavy atom. The van der Waals surface area contributed by atoms with Crippen LogP contribution < -0.4 is 5.32 Å². The van der Waals surface area contributed by atoms with E-state index in [0.29, 0.717) is 0 Å². The lowest BCUT2D eigenvalue weighted by molar-refractivity contribution is -0.159. The molecule has 0 spiro atoms. The maximum absolute atomic E-state index is 12.4. The fourth-order valence-electron chi connectivity index (χ4n) is 1.61. The van der Waals surface area contributed by atoms with Gasteiger partial charge in [0.25, 0.3) is 5.91 Å². The van der Waals surface area contributed by atoms with E-state index in [-0.39, 0.29) is 30.1 Å². The van der Waals surface area contributed by atoms with E-state index in [4.69, 9.17) is 5.11 Å². The third-order valence-corrected chi connectivity index (χ3v) is 2.68. The van der Waals surface area contributed by atoms with E-state index in [2.05, 4.69) is 20.0 Å². The average molecular weight is 329 g/mol. The lowest BCUT2D eigenvalue weighted by Crippen LogP contribution is -2.33. The van der Waals surface area contributed by atoms with Crippen molar-refractivity contribution in [1.29, 1.82) is 0 Å². The number of halogens is 3. The summed E-state index contributed by atoms with van der Waals surface area (Å²) in [6.45, 7) is -0.372. The number of nitrogens with zero attached hydrogens (tertiary/aromatic N) is 2. The van der Waals surface area contributed by atoms with E-state index in [0.717, 1.165) is 0 Å². The summed E-state index contributed by atoms with van der Waals surface area (Å²) < 4.78 is 41.2. The smallest absolute Gasteiger partial charge is 0.395 e. The number of hydrogen-bond acceptors (Lipinski definition) is 6. The number of rotatable bonds is 5. The van der Waals surface area contributed by atoms with Crippen LogP contribution in [0.5, 0.6) is 0 Å². The van der Waals surface area contributed by atoms with E-state index < -0.39 is 23.8 Å². The number of benzene rings is 1. The molecule has 0 aliphatic heterocycles. The van der Waals surface area contributed by atoms with Crippen LogP contribution in [0.3, 0.4) is 0 Å². The number of carbonyl (C=O) groups is 2. The highest BCUT2D eigenvalue weighted by Gasteiger charge is 2.38. The van der Waals surface area contributed by atoms with Gasteiger partial charge in [-0.15, -0.1) is 0 Å². The van der Waals surface area contributed by atoms with E-state index in [1.165, 1.54) is 24.3 Å². The van der Waals surface area contributed by atoms with Crippen LogP contribution in [-0.2, 0) is 11.0 Å². The normalized spacial score (nSPS) is 11.3. The quantitative estimate of drug-likeness (QED) is 0.627. The summed E-state index contributed by atoms with van der Waals surface area (Å²) in [6, 6.07) is 5.08. The van der Waals surface area contributed by atoms with Crippen LogP contribution in [-0.4, -0.2) is 40.1 Å². The van der Waals surface area contributed by atoms with E-state index in [1.807, 2.05) is 0 Å². The maximum atomic E-state index is 12.4. The standard InChI is InChI=1S/C13H10F3N3O4/c14-13(15,16)12-18-10(19-23-12)8-3-1-7(2-4-8)9(21)11(22)17-5-6-20/h1-4,20H,5-6H2,(H,17,22). The number of alkyl halides is 3. The predicted octanol–water partition coefficient (Wildman–Crippen LogP) is 1.05. The molecule has 2 N–H and O–H groups in total. The van der Waals surface area contributed by atoms with Gasteiger partial charge in [0, 0.05) is 17.7 Å². The molecule has 2 rings (SSSR count). The van der Waals surface area contributed by atoms with Crippen molar-refractivity contribution in [2.45, 2.75) is 6.18 Å². The first-order valence-electron chi connectivity index (χ1n) is 6.27. The van der Waals surface area contributed by atoms with Gasteiger partial charge in [-0.1, -0.05) is 29.4 Å². The summed E-state index contributed by atoms with van der Waals surface area (Å²) in [7, 11) is 0. The molecule has 1 aromatic carbocycles. The van der Waals surface area contributed by atoms with Gasteiger partial charge in [-0.3, -0.25) is 9.59 Å². The Morgan fingerprint density at radius 3 is 2.39 bits per heavy atom. The number of Topliss-reactive ketones (excluding diaryl/α,β-unsaturated/α-hetero) is 1. The van der Waals surface area contributed by atoms with Crippen molar-refractivity contribution in [3.05, 3.63) is 35.7 Å². The zero-order valence-electron chi connectivity index (χ0n) is 11.4. The van der Waals surface area contributed by atoms with Crippen molar-refractivity contribution in [2.24, 2.45) is 0 Å². The molecule has 0 fully saturated rings. The molecule has 0 saturated heterocycles. The minimum absolute atomic E-state index is 0.0312. The molecular formula is C13H10F3N3O4. The minimum atomic E-state index is -4.74. The van der Waals surface area contributed by atoms with Crippen molar-refractivity contribution >= 4 is 11.7 Å². The van der Waals surface area contributed by atoms with Crippen molar-refractivity contribution in [1.82, 2.24) is 15.5 Å². The first-order chi connectivity index (χ1) is 10.8. The lowest BCUT2D eigenvalue weighted by atomic mass is 10.1. The molecule has 0 radical (unpaired) electrons. The lowest BCUT2D eigenvalue weighted by Gasteiger charge is -2.03. The zero-order valence-corrected chi connectivity index (χ0v) is 11.4. The SMILES string of the molecule is O=C(NCCO)C(=O)c1ccc(-c2noc(C(F)(F)F)n2)cc1. The van der Waals surface area contributed by atoms with Gasteiger partial charge >= 0.3 is 12.1 Å². The fraction of sp³-hybridized carbons (Fsp3) is 0.231. The number of aromatic nitrogens is 2. The topological polar surface area (TPSA) is 105 Å². The first-order valence-corrected chi connectivity index (χ1v) is 6.27. The molecule has 0 aliphatic rings. The molecule has 2 aromatic rings. The third-order valence-electron chi connectivity index (χ3n) is 2.68. The van der Waals surface area contributed by atoms with Crippen LogP contribution in [0.25, 0.3) is 11.4 Å². The Kier molecular flexibility index (Phi) is 4.74. The van der Waals surface area contributed by atoms with Crippen molar-refractivity contribution < 1.29 is 32.4 Å². The van der Waals surface area contributed by atoms with Crippen LogP contribution in [0.4, 0.5) is 13.2 Å². The second-order valence-electron chi connectivity index (χ2n) is 4.31. The van der Waals surface area contributed by atoms with Crippen molar-refractivity contribution in [3.63, 3.8) is 0 Å². The molecule has 23 heavy (non-hydrogen) atoms. The Labute approximate surface area is 127 Å². The summed E-state index contributed by atoms with van der Waals surface area (Å²) in [5.74, 6) is -3.50. The number of aliphatic hydroxyl groups excluding tert-OH is 1. The highest BCUT2D eigenvalue weighted by atomic mass is 19.4. The number of amides is 1. The van der Waals surface area contributed by atoms with Crippen molar-refractivity contribution in [2.75, 3.05) is 13.2 Å². The molecule has 1 amide bonds. The summed E-state index contributed by atoms with van der Waals surface area (Å²) in [5, 5.41) is 14.0. The van der Waals surface area contributed by atoms with Gasteiger partial charge in [0.2, 0.25) is 11.6 Å². The summed E-state index contributed by atoms with van der Waals surface area (Å²) in [4.78, 5) is 26.4. The van der Waals surface area contributed by atoms with Gasteiger partial charge in [-0.05, 0) is 0 Å². The Morgan fingerprint density at radius 2 is 1.87 bits per heavy atom. The molecule has 1 aromatic heterocycles. The molecule has 0 atom stereocenters. The van der Waals surface area contributed by atoms with Crippen LogP contribution >= 0.6 is 0 Å². The van der Waals surface area contributed by atoms with Crippen LogP contribution in [0.1, 0.15) is 16.2 Å². The molecular weight excluding hydrogens is 319 g/mol. The van der Waals surface area contributed by atoms with E-state index in [1.54, 1.807) is 0 Å². The molecule has 7 nitrogen and oxygen atoms in total. The number of ketones is 1. The number of carbonyl (C=O) groups excluding carboxylic acids is 2. The molecule has 122 valence electrons. The van der Waals surface area contributed by atoms with E-state index in [9.17, 15) is 22.8 Å². The van der Waals surface area contributed by atoms with Gasteiger partial charge in [-0.2, -0.15) is 18.2 Å². The van der Waals surface area contributed by atoms with Crippen LogP contribution in [0.2, 0.25) is 0 Å². The third kappa shape index (κ3) is 3.92. The van der Waals surface area contributed by atoms with Crippen LogP contribution in [0.15, 0.2) is 28.8 Å². The molecule has 0 bridgehead atoms. The second kappa shape index (κ2) is 6.57. The Balaban J connectivity index is 2.15. The summed E-state index contributed by atoms with van der Waals surface area (Å²) in [6.07, 6.45) is -4.74. The first kappa shape index (κ1) is 16.6. The number of hydrogen-bond donors (Lipinski definition) is 2. The van der Waals surface area contributed by atoms with Crippen LogP contribution in [0, 0.1) is 0 Å². The fourth-order valence-corrected chi connectivity index (χ4v) is 1.61. The van der Waals surface area contributed by atoms with Gasteiger partial charge in [-0.25, -0.2) is 0 Å². The molecule has 0 unspecified atom stereocenters. The maximum Gasteiger partial charge on any atom is 0.471 e. The molecule has 10 heteroatoms. The van der Waals surface area contributed by atoms with E-state index >= 15 is 0 Å². The van der Waals surface area contributed by atoms with Gasteiger partial charge < -0.3 is 14.9 Å². The highest BCUT2D eigenvalue weighted by molar-refractivity contribution is 6.42. The average Bonchev–Trinajstić information content (AvgIpc) is 3.02. The Bertz CT molecular complexity index is 710. The monoisotopic (exact) mass is 329 g/mol. The largest absolute Gasteiger partial charge is 0.471 e. The summed E-state index contributed by atoms with van der Waals surface area (Å²) >= 11 is 0. The van der Waals surface area contributed by atoms with Gasteiger partial charge in [0.05, 0.1) is 6.61 Å². The Hall–Kier alpha value is -2.75.